The summed E-state index contributed by atoms with van der Waals surface area (Å²) in [6.45, 7) is 1.24. The summed E-state index contributed by atoms with van der Waals surface area (Å²) in [5, 5.41) is 2.84. The van der Waals surface area contributed by atoms with E-state index in [1.807, 2.05) is 24.3 Å². The molecule has 0 aromatic heterocycles. The molecule has 1 heterocycles. The van der Waals surface area contributed by atoms with Gasteiger partial charge in [0.25, 0.3) is 0 Å². The molecule has 1 aliphatic heterocycles. The van der Waals surface area contributed by atoms with Crippen LogP contribution in [0, 0.1) is 0 Å². The van der Waals surface area contributed by atoms with Gasteiger partial charge in [0.1, 0.15) is 0 Å². The van der Waals surface area contributed by atoms with Gasteiger partial charge in [-0.15, -0.1) is 0 Å². The molecule has 1 amide bonds. The molecule has 0 saturated heterocycles. The monoisotopic (exact) mass is 454 g/mol. The number of nitrogens with one attached hydrogen (secondary N) is 1. The van der Waals surface area contributed by atoms with Crippen LogP contribution < -0.4 is 10.2 Å². The number of halogens is 3. The summed E-state index contributed by atoms with van der Waals surface area (Å²) in [4.78, 5) is 16.8. The summed E-state index contributed by atoms with van der Waals surface area (Å²) in [6.07, 6.45) is -0.782. The third-order valence-electron chi connectivity index (χ3n) is 5.05. The Kier molecular flexibility index (Phi) is 6.55. The molecule has 3 aromatic rings. The number of anilines is 2. The number of carbonyl (C=O) groups excluding carboxylic acids is 1. The van der Waals surface area contributed by atoms with Crippen LogP contribution in [-0.2, 0) is 11.0 Å². The van der Waals surface area contributed by atoms with Crippen LogP contribution >= 0.6 is 11.8 Å². The topological polar surface area (TPSA) is 32.3 Å². The van der Waals surface area contributed by atoms with Crippen molar-refractivity contribution in [2.45, 2.75) is 22.4 Å². The molecule has 3 aromatic carbocycles. The van der Waals surface area contributed by atoms with Crippen molar-refractivity contribution in [2.24, 2.45) is 0 Å². The Bertz CT molecular complexity index is 1080. The van der Waals surface area contributed by atoms with Crippen LogP contribution in [0.4, 0.5) is 24.5 Å². The minimum Gasteiger partial charge on any atom is -0.352 e. The maximum absolute atomic E-state index is 12.6. The Labute approximate surface area is 188 Å². The lowest BCUT2D eigenvalue weighted by Crippen LogP contribution is -2.27. The van der Waals surface area contributed by atoms with Gasteiger partial charge in [0.2, 0.25) is 5.91 Å². The molecule has 1 aliphatic rings. The number of hydrogen-bond acceptors (Lipinski definition) is 3. The second-order valence-electron chi connectivity index (χ2n) is 7.29. The molecule has 0 aliphatic carbocycles. The maximum atomic E-state index is 12.6. The quantitative estimate of drug-likeness (QED) is 0.340. The van der Waals surface area contributed by atoms with E-state index in [4.69, 9.17) is 0 Å². The van der Waals surface area contributed by atoms with Gasteiger partial charge in [-0.25, -0.2) is 0 Å². The summed E-state index contributed by atoms with van der Waals surface area (Å²) in [5.74, 6) is -0.278. The Hall–Kier alpha value is -3.19. The predicted molar refractivity (Wildman–Crippen MR) is 122 cm³/mol. The number of fused-ring (bicyclic) bond motifs is 2. The van der Waals surface area contributed by atoms with Crippen LogP contribution in [0.15, 0.2) is 88.7 Å². The van der Waals surface area contributed by atoms with Crippen molar-refractivity contribution in [3.05, 3.63) is 90.0 Å². The van der Waals surface area contributed by atoms with E-state index in [-0.39, 0.29) is 5.91 Å². The summed E-state index contributed by atoms with van der Waals surface area (Å²) in [7, 11) is 0. The van der Waals surface area contributed by atoms with E-state index in [2.05, 4.69) is 34.5 Å². The lowest BCUT2D eigenvalue weighted by Gasteiger charge is -2.32. The Balaban J connectivity index is 1.31. The van der Waals surface area contributed by atoms with Crippen LogP contribution in [0.1, 0.15) is 17.5 Å². The second kappa shape index (κ2) is 9.53. The molecule has 0 spiro atoms. The van der Waals surface area contributed by atoms with E-state index >= 15 is 0 Å². The predicted octanol–water partition coefficient (Wildman–Crippen LogP) is 6.53. The molecular weight excluding hydrogens is 433 g/mol. The van der Waals surface area contributed by atoms with E-state index in [0.717, 1.165) is 36.5 Å². The van der Waals surface area contributed by atoms with Crippen molar-refractivity contribution in [1.82, 2.24) is 5.32 Å². The first-order valence-corrected chi connectivity index (χ1v) is 11.0. The van der Waals surface area contributed by atoms with Crippen molar-refractivity contribution in [2.75, 3.05) is 18.0 Å². The Morgan fingerprint density at radius 2 is 1.50 bits per heavy atom. The zero-order chi connectivity index (χ0) is 22.6. The zero-order valence-electron chi connectivity index (χ0n) is 17.1. The van der Waals surface area contributed by atoms with Gasteiger partial charge >= 0.3 is 6.18 Å². The first kappa shape index (κ1) is 22.0. The van der Waals surface area contributed by atoms with Gasteiger partial charge in [0, 0.05) is 29.0 Å². The lowest BCUT2D eigenvalue weighted by molar-refractivity contribution is -0.137. The van der Waals surface area contributed by atoms with Crippen LogP contribution in [-0.4, -0.2) is 19.0 Å². The lowest BCUT2D eigenvalue weighted by atomic mass is 10.1. The molecule has 164 valence electrons. The Morgan fingerprint density at radius 1 is 0.906 bits per heavy atom. The van der Waals surface area contributed by atoms with Crippen molar-refractivity contribution in [3.8, 4) is 0 Å². The fourth-order valence-electron chi connectivity index (χ4n) is 3.48. The zero-order valence-corrected chi connectivity index (χ0v) is 17.9. The summed E-state index contributed by atoms with van der Waals surface area (Å²) < 4.78 is 37.9. The van der Waals surface area contributed by atoms with Gasteiger partial charge in [-0.3, -0.25) is 4.79 Å². The van der Waals surface area contributed by atoms with Gasteiger partial charge in [-0.2, -0.15) is 13.2 Å². The van der Waals surface area contributed by atoms with E-state index < -0.39 is 11.7 Å². The second-order valence-corrected chi connectivity index (χ2v) is 8.37. The number of rotatable bonds is 6. The van der Waals surface area contributed by atoms with Crippen molar-refractivity contribution in [3.63, 3.8) is 0 Å². The first-order chi connectivity index (χ1) is 15.4. The van der Waals surface area contributed by atoms with Gasteiger partial charge < -0.3 is 10.2 Å². The smallest absolute Gasteiger partial charge is 0.352 e. The SMILES string of the molecule is O=C(/C=C/c1ccc(C(F)(F)F)cc1)NCCCN1c2ccccc2Sc2ccccc21. The highest BCUT2D eigenvalue weighted by Gasteiger charge is 2.29. The summed E-state index contributed by atoms with van der Waals surface area (Å²) >= 11 is 1.75. The number of alkyl halides is 3. The molecule has 7 heteroatoms. The molecule has 0 atom stereocenters. The third kappa shape index (κ3) is 5.16. The minimum absolute atomic E-state index is 0.278. The van der Waals surface area contributed by atoms with E-state index in [1.54, 1.807) is 11.8 Å². The van der Waals surface area contributed by atoms with Gasteiger partial charge in [0.05, 0.1) is 16.9 Å². The van der Waals surface area contributed by atoms with Gasteiger partial charge in [-0.05, 0) is 54.5 Å². The summed E-state index contributed by atoms with van der Waals surface area (Å²) in [6, 6.07) is 21.2. The average Bonchev–Trinajstić information content (AvgIpc) is 2.79. The molecule has 0 radical (unpaired) electrons. The van der Waals surface area contributed by atoms with E-state index in [1.165, 1.54) is 34.1 Å². The van der Waals surface area contributed by atoms with Crippen LogP contribution in [0.5, 0.6) is 0 Å². The molecule has 0 unspecified atom stereocenters. The van der Waals surface area contributed by atoms with Crippen LogP contribution in [0.25, 0.3) is 6.08 Å². The molecule has 0 fully saturated rings. The highest BCUT2D eigenvalue weighted by molar-refractivity contribution is 7.99. The number of benzene rings is 3. The normalized spacial score (nSPS) is 13.0. The molecule has 32 heavy (non-hydrogen) atoms. The Morgan fingerprint density at radius 3 is 2.09 bits per heavy atom. The molecule has 1 N–H and O–H groups in total. The maximum Gasteiger partial charge on any atom is 0.416 e. The minimum atomic E-state index is -4.37. The molecule has 4 rings (SSSR count). The standard InChI is InChI=1S/C25H21F3N2OS/c26-25(27,28)19-13-10-18(11-14-19)12-15-24(31)29-16-5-17-30-20-6-1-3-8-22(20)32-23-9-4-2-7-21(23)30/h1-4,6-15H,5,16-17H2,(H,29,31)/b15-12+. The first-order valence-electron chi connectivity index (χ1n) is 10.2. The summed E-state index contributed by atoms with van der Waals surface area (Å²) in [5.41, 5.74) is 2.14. The van der Waals surface area contributed by atoms with E-state index in [0.29, 0.717) is 12.1 Å². The number of hydrogen-bond donors (Lipinski definition) is 1. The fraction of sp³-hybridized carbons (Fsp3) is 0.160. The van der Waals surface area contributed by atoms with Gasteiger partial charge in [-0.1, -0.05) is 48.2 Å². The van der Waals surface area contributed by atoms with Crippen LogP contribution in [0.2, 0.25) is 0 Å². The number of carbonyl (C=O) groups is 1. The van der Waals surface area contributed by atoms with Crippen molar-refractivity contribution < 1.29 is 18.0 Å². The molecule has 0 saturated carbocycles. The highest BCUT2D eigenvalue weighted by Crippen LogP contribution is 2.47. The third-order valence-corrected chi connectivity index (χ3v) is 6.19. The number of amides is 1. The highest BCUT2D eigenvalue weighted by atomic mass is 32.2. The molecular formula is C25H21F3N2OS. The van der Waals surface area contributed by atoms with Gasteiger partial charge in [0.15, 0.2) is 0 Å². The fourth-order valence-corrected chi connectivity index (χ4v) is 4.58. The average molecular weight is 455 g/mol. The van der Waals surface area contributed by atoms with Crippen LogP contribution in [0.3, 0.4) is 0 Å². The van der Waals surface area contributed by atoms with Crippen molar-refractivity contribution in [1.29, 1.82) is 0 Å². The largest absolute Gasteiger partial charge is 0.416 e. The van der Waals surface area contributed by atoms with Crippen molar-refractivity contribution >= 4 is 35.1 Å². The number of para-hydroxylation sites is 2. The number of nitrogens with zero attached hydrogens (tertiary/aromatic N) is 1. The molecule has 3 nitrogen and oxygen atoms in total. The molecule has 0 bridgehead atoms. The van der Waals surface area contributed by atoms with E-state index in [9.17, 15) is 18.0 Å².